The zero-order chi connectivity index (χ0) is 17.1. The minimum absolute atomic E-state index is 0.0493. The third-order valence-electron chi connectivity index (χ3n) is 3.30. The monoisotopic (exact) mass is 348 g/mol. The van der Waals surface area contributed by atoms with Gasteiger partial charge >= 0.3 is 0 Å². The van der Waals surface area contributed by atoms with Gasteiger partial charge in [0.15, 0.2) is 15.8 Å². The molecule has 1 rings (SSSR count). The van der Waals surface area contributed by atoms with E-state index in [9.17, 15) is 13.2 Å². The molecule has 1 atom stereocenters. The van der Waals surface area contributed by atoms with Gasteiger partial charge in [0.2, 0.25) is 5.91 Å². The highest BCUT2D eigenvalue weighted by atomic mass is 32.2. The predicted octanol–water partition coefficient (Wildman–Crippen LogP) is -0.729. The van der Waals surface area contributed by atoms with Crippen LogP contribution in [0.3, 0.4) is 0 Å². The molecule has 0 aliphatic carbocycles. The normalized spacial score (nSPS) is 20.3. The molecule has 0 radical (unpaired) electrons. The zero-order valence-corrected chi connectivity index (χ0v) is 14.7. The molecule has 0 aromatic heterocycles. The number of amides is 1. The van der Waals surface area contributed by atoms with Crippen molar-refractivity contribution in [2.45, 2.75) is 32.7 Å². The number of nitrogens with zero attached hydrogens (tertiary/aromatic N) is 1. The van der Waals surface area contributed by atoms with Crippen LogP contribution in [0.4, 0.5) is 0 Å². The van der Waals surface area contributed by atoms with E-state index in [2.05, 4.69) is 20.9 Å². The Balaban J connectivity index is 2.25. The van der Waals surface area contributed by atoms with Crippen LogP contribution in [0.15, 0.2) is 4.99 Å². The largest absolute Gasteiger partial charge is 0.380 e. The van der Waals surface area contributed by atoms with Gasteiger partial charge < -0.3 is 20.7 Å². The Labute approximate surface area is 138 Å². The molecule has 1 saturated heterocycles. The molecule has 1 amide bonds. The Hall–Kier alpha value is -1.35. The van der Waals surface area contributed by atoms with Gasteiger partial charge in [-0.2, -0.15) is 0 Å². The smallest absolute Gasteiger partial charge is 0.222 e. The van der Waals surface area contributed by atoms with Crippen molar-refractivity contribution in [1.29, 1.82) is 0 Å². The molecule has 1 aliphatic rings. The van der Waals surface area contributed by atoms with Crippen LogP contribution >= 0.6 is 0 Å². The fraction of sp³-hybridized carbons (Fsp3) is 0.857. The quantitative estimate of drug-likeness (QED) is 0.288. The van der Waals surface area contributed by atoms with Crippen molar-refractivity contribution in [3.63, 3.8) is 0 Å². The molecule has 9 heteroatoms. The number of carbonyl (C=O) groups excluding carboxylic acids is 1. The van der Waals surface area contributed by atoms with Crippen molar-refractivity contribution in [3.8, 4) is 0 Å². The Morgan fingerprint density at radius 3 is 2.70 bits per heavy atom. The standard InChI is InChI=1S/C14H28N4O4S/c1-3-15-14(17-8-9-22-4-2)16-7-5-13(19)18-12-6-10-23(20,21)11-12/h12H,3-11H2,1-2H3,(H,18,19)(H2,15,16,17). The second-order valence-corrected chi connectivity index (χ2v) is 7.53. The van der Waals surface area contributed by atoms with Gasteiger partial charge in [0, 0.05) is 32.2 Å². The van der Waals surface area contributed by atoms with Crippen LogP contribution in [0.2, 0.25) is 0 Å². The van der Waals surface area contributed by atoms with Crippen LogP contribution < -0.4 is 16.0 Å². The van der Waals surface area contributed by atoms with Gasteiger partial charge in [0.25, 0.3) is 0 Å². The van der Waals surface area contributed by atoms with E-state index >= 15 is 0 Å². The Morgan fingerprint density at radius 1 is 1.30 bits per heavy atom. The summed E-state index contributed by atoms with van der Waals surface area (Å²) in [4.78, 5) is 16.2. The van der Waals surface area contributed by atoms with Crippen LogP contribution in [0.5, 0.6) is 0 Å². The van der Waals surface area contributed by atoms with E-state index in [0.717, 1.165) is 6.54 Å². The summed E-state index contributed by atoms with van der Waals surface area (Å²) in [6.45, 7) is 6.84. The third-order valence-corrected chi connectivity index (χ3v) is 5.06. The molecular formula is C14H28N4O4S. The molecule has 23 heavy (non-hydrogen) atoms. The van der Waals surface area contributed by atoms with Crippen LogP contribution in [0, 0.1) is 0 Å². The first-order chi connectivity index (χ1) is 11.0. The summed E-state index contributed by atoms with van der Waals surface area (Å²) in [7, 11) is -2.97. The Kier molecular flexibility index (Phi) is 8.93. The number of hydrogen-bond donors (Lipinski definition) is 3. The van der Waals surface area contributed by atoms with Crippen LogP contribution in [0.25, 0.3) is 0 Å². The van der Waals surface area contributed by atoms with E-state index in [4.69, 9.17) is 4.74 Å². The molecule has 1 unspecified atom stereocenters. The number of carbonyl (C=O) groups is 1. The van der Waals surface area contributed by atoms with Gasteiger partial charge in [-0.15, -0.1) is 0 Å². The summed E-state index contributed by atoms with van der Waals surface area (Å²) in [6.07, 6.45) is 0.773. The summed E-state index contributed by atoms with van der Waals surface area (Å²) < 4.78 is 27.9. The zero-order valence-electron chi connectivity index (χ0n) is 13.9. The molecular weight excluding hydrogens is 320 g/mol. The van der Waals surface area contributed by atoms with Crippen LogP contribution in [-0.4, -0.2) is 70.7 Å². The van der Waals surface area contributed by atoms with Crippen molar-refractivity contribution in [2.75, 3.05) is 44.4 Å². The van der Waals surface area contributed by atoms with Gasteiger partial charge in [-0.1, -0.05) is 0 Å². The summed E-state index contributed by atoms with van der Waals surface area (Å²) >= 11 is 0. The van der Waals surface area contributed by atoms with Gasteiger partial charge in [0.05, 0.1) is 24.7 Å². The first kappa shape index (κ1) is 19.7. The minimum atomic E-state index is -2.97. The van der Waals surface area contributed by atoms with Gasteiger partial charge in [-0.05, 0) is 20.3 Å². The van der Waals surface area contributed by atoms with E-state index in [1.165, 1.54) is 0 Å². The lowest BCUT2D eigenvalue weighted by Crippen LogP contribution is -2.41. The summed E-state index contributed by atoms with van der Waals surface area (Å²) in [5.74, 6) is 0.703. The van der Waals surface area contributed by atoms with Crippen molar-refractivity contribution in [2.24, 2.45) is 4.99 Å². The second-order valence-electron chi connectivity index (χ2n) is 5.30. The molecule has 0 saturated carbocycles. The van der Waals surface area contributed by atoms with Gasteiger partial charge in [-0.25, -0.2) is 8.42 Å². The number of ether oxygens (including phenoxy) is 1. The number of hydrogen-bond acceptors (Lipinski definition) is 5. The number of nitrogens with one attached hydrogen (secondary N) is 3. The minimum Gasteiger partial charge on any atom is -0.380 e. The van der Waals surface area contributed by atoms with E-state index < -0.39 is 9.84 Å². The molecule has 1 fully saturated rings. The average molecular weight is 348 g/mol. The SMILES string of the molecule is CCNC(=NCCOCC)NCCC(=O)NC1CCS(=O)(=O)C1. The molecule has 0 bridgehead atoms. The van der Waals surface area contributed by atoms with Gasteiger partial charge in [0.1, 0.15) is 0 Å². The highest BCUT2D eigenvalue weighted by Gasteiger charge is 2.28. The number of rotatable bonds is 9. The number of aliphatic imine (C=N–C) groups is 1. The lowest BCUT2D eigenvalue weighted by atomic mass is 10.2. The summed E-state index contributed by atoms with van der Waals surface area (Å²) in [5, 5.41) is 8.93. The number of sulfone groups is 1. The predicted molar refractivity (Wildman–Crippen MR) is 90.3 cm³/mol. The Bertz CT molecular complexity index is 493. The maximum Gasteiger partial charge on any atom is 0.222 e. The molecule has 0 spiro atoms. The van der Waals surface area contributed by atoms with Crippen molar-refractivity contribution >= 4 is 21.7 Å². The van der Waals surface area contributed by atoms with Crippen molar-refractivity contribution in [1.82, 2.24) is 16.0 Å². The molecule has 0 aromatic carbocycles. The van der Waals surface area contributed by atoms with Crippen molar-refractivity contribution < 1.29 is 17.9 Å². The number of guanidine groups is 1. The topological polar surface area (TPSA) is 109 Å². The molecule has 1 heterocycles. The summed E-state index contributed by atoms with van der Waals surface area (Å²) in [6, 6.07) is -0.249. The van der Waals surface area contributed by atoms with Crippen LogP contribution in [-0.2, 0) is 19.4 Å². The second kappa shape index (κ2) is 10.4. The first-order valence-corrected chi connectivity index (χ1v) is 9.88. The lowest BCUT2D eigenvalue weighted by Gasteiger charge is -2.13. The first-order valence-electron chi connectivity index (χ1n) is 8.06. The molecule has 0 aromatic rings. The van der Waals surface area contributed by atoms with E-state index in [0.29, 0.717) is 38.7 Å². The molecule has 1 aliphatic heterocycles. The van der Waals surface area contributed by atoms with Gasteiger partial charge in [-0.3, -0.25) is 9.79 Å². The van der Waals surface area contributed by atoms with Crippen molar-refractivity contribution in [3.05, 3.63) is 0 Å². The molecule has 8 nitrogen and oxygen atoms in total. The third kappa shape index (κ3) is 8.75. The Morgan fingerprint density at radius 2 is 2.09 bits per heavy atom. The fourth-order valence-electron chi connectivity index (χ4n) is 2.21. The summed E-state index contributed by atoms with van der Waals surface area (Å²) in [5.41, 5.74) is 0. The highest BCUT2D eigenvalue weighted by Crippen LogP contribution is 2.11. The average Bonchev–Trinajstić information content (AvgIpc) is 2.82. The lowest BCUT2D eigenvalue weighted by molar-refractivity contribution is -0.121. The molecule has 134 valence electrons. The molecule has 3 N–H and O–H groups in total. The fourth-order valence-corrected chi connectivity index (χ4v) is 3.88. The van der Waals surface area contributed by atoms with E-state index in [1.54, 1.807) is 0 Å². The van der Waals surface area contributed by atoms with E-state index in [-0.39, 0.29) is 29.9 Å². The maximum atomic E-state index is 11.8. The van der Waals surface area contributed by atoms with E-state index in [1.807, 2.05) is 13.8 Å². The van der Waals surface area contributed by atoms with Crippen LogP contribution in [0.1, 0.15) is 26.7 Å². The maximum absolute atomic E-state index is 11.8. The highest BCUT2D eigenvalue weighted by molar-refractivity contribution is 7.91.